The summed E-state index contributed by atoms with van der Waals surface area (Å²) in [6.45, 7) is 0.875. The molecule has 0 aliphatic carbocycles. The molecule has 0 amide bonds. The molecule has 1 aliphatic heterocycles. The predicted molar refractivity (Wildman–Crippen MR) is 32.0 cm³/mol. The average molecular weight is 152 g/mol. The molecule has 0 unspecified atom stereocenters. The first-order valence-corrected chi connectivity index (χ1v) is 2.86. The molecule has 0 bridgehead atoms. The van der Waals surface area contributed by atoms with Crippen LogP contribution in [0.2, 0.25) is 0 Å². The van der Waals surface area contributed by atoms with E-state index in [-0.39, 0.29) is 13.2 Å². The third kappa shape index (κ3) is 7.80. The van der Waals surface area contributed by atoms with Crippen molar-refractivity contribution in [3.8, 4) is 0 Å². The lowest BCUT2D eigenvalue weighted by Gasteiger charge is -2.10. The fraction of sp³-hybridized carbons (Fsp3) is 1.00. The van der Waals surface area contributed by atoms with Gasteiger partial charge in [0, 0.05) is 0 Å². The number of aliphatic hydroxyl groups is 2. The van der Waals surface area contributed by atoms with E-state index in [1.54, 1.807) is 0 Å². The molecule has 1 rings (SSSR count). The first kappa shape index (κ1) is 9.80. The molecule has 0 radical (unpaired) electrons. The number of ether oxygens (including phenoxy) is 3. The fourth-order valence-electron chi connectivity index (χ4n) is 0.279. The van der Waals surface area contributed by atoms with Crippen LogP contribution < -0.4 is 0 Å². The smallest absolute Gasteiger partial charge is 0.152 e. The molecule has 1 fully saturated rings. The van der Waals surface area contributed by atoms with Gasteiger partial charge in [0.15, 0.2) is 20.4 Å². The van der Waals surface area contributed by atoms with Crippen LogP contribution in [0.4, 0.5) is 0 Å². The standard InChI is InChI=1S/C3H6O3.C2H6O2/c1-4-2-6-3-5-1;3-1-2-4/h1-3H2;3-4H,1-2H2. The normalized spacial score (nSPS) is 17.4. The maximum absolute atomic E-state index is 7.62. The van der Waals surface area contributed by atoms with Crippen molar-refractivity contribution in [3.63, 3.8) is 0 Å². The molecular weight excluding hydrogens is 140 g/mol. The Bertz CT molecular complexity index is 40.5. The van der Waals surface area contributed by atoms with Crippen LogP contribution in [0.3, 0.4) is 0 Å². The molecule has 1 heterocycles. The Balaban J connectivity index is 0.000000180. The zero-order valence-corrected chi connectivity index (χ0v) is 5.65. The SMILES string of the molecule is C1OCOCO1.OCCO. The highest BCUT2D eigenvalue weighted by atomic mass is 16.8. The molecular formula is C5H12O5. The Kier molecular flexibility index (Phi) is 8.62. The van der Waals surface area contributed by atoms with Gasteiger partial charge >= 0.3 is 0 Å². The van der Waals surface area contributed by atoms with Crippen molar-refractivity contribution in [2.24, 2.45) is 0 Å². The van der Waals surface area contributed by atoms with Crippen molar-refractivity contribution in [1.82, 2.24) is 0 Å². The highest BCUT2D eigenvalue weighted by Crippen LogP contribution is 1.87. The van der Waals surface area contributed by atoms with Crippen LogP contribution in [0.1, 0.15) is 0 Å². The van der Waals surface area contributed by atoms with Gasteiger partial charge < -0.3 is 24.4 Å². The van der Waals surface area contributed by atoms with Gasteiger partial charge in [0.25, 0.3) is 0 Å². The van der Waals surface area contributed by atoms with Gasteiger partial charge in [-0.05, 0) is 0 Å². The summed E-state index contributed by atoms with van der Waals surface area (Å²) in [4.78, 5) is 0. The van der Waals surface area contributed by atoms with E-state index in [0.717, 1.165) is 0 Å². The molecule has 0 aromatic rings. The van der Waals surface area contributed by atoms with E-state index in [1.165, 1.54) is 0 Å². The maximum atomic E-state index is 7.62. The summed E-state index contributed by atoms with van der Waals surface area (Å²) in [7, 11) is 0. The van der Waals surface area contributed by atoms with Gasteiger partial charge in [-0.3, -0.25) is 0 Å². The molecule has 0 aromatic heterocycles. The number of hydrogen-bond donors (Lipinski definition) is 2. The fourth-order valence-corrected chi connectivity index (χ4v) is 0.279. The molecule has 0 spiro atoms. The van der Waals surface area contributed by atoms with Gasteiger partial charge in [0.2, 0.25) is 0 Å². The maximum Gasteiger partial charge on any atom is 0.152 e. The Morgan fingerprint density at radius 1 is 0.800 bits per heavy atom. The number of hydrogen-bond acceptors (Lipinski definition) is 5. The highest BCUT2D eigenvalue weighted by molar-refractivity contribution is 4.09. The van der Waals surface area contributed by atoms with Crippen molar-refractivity contribution in [2.45, 2.75) is 0 Å². The lowest BCUT2D eigenvalue weighted by molar-refractivity contribution is -0.247. The summed E-state index contributed by atoms with van der Waals surface area (Å²) in [5.41, 5.74) is 0. The van der Waals surface area contributed by atoms with Gasteiger partial charge in [0.1, 0.15) is 0 Å². The van der Waals surface area contributed by atoms with E-state index in [0.29, 0.717) is 20.4 Å². The van der Waals surface area contributed by atoms with Gasteiger partial charge in [0.05, 0.1) is 13.2 Å². The molecule has 0 aromatic carbocycles. The van der Waals surface area contributed by atoms with Gasteiger partial charge in [-0.1, -0.05) is 0 Å². The summed E-state index contributed by atoms with van der Waals surface area (Å²) in [6.07, 6.45) is 0. The molecule has 0 atom stereocenters. The van der Waals surface area contributed by atoms with Crippen LogP contribution in [-0.2, 0) is 14.2 Å². The summed E-state index contributed by atoms with van der Waals surface area (Å²) in [6, 6.07) is 0. The van der Waals surface area contributed by atoms with Crippen molar-refractivity contribution in [2.75, 3.05) is 33.6 Å². The molecule has 62 valence electrons. The third-order valence-corrected chi connectivity index (χ3v) is 0.600. The largest absolute Gasteiger partial charge is 0.394 e. The first-order valence-electron chi connectivity index (χ1n) is 2.86. The van der Waals surface area contributed by atoms with Crippen LogP contribution in [0.25, 0.3) is 0 Å². The van der Waals surface area contributed by atoms with Crippen molar-refractivity contribution >= 4 is 0 Å². The Morgan fingerprint density at radius 3 is 1.20 bits per heavy atom. The minimum atomic E-state index is -0.125. The number of aliphatic hydroxyl groups excluding tert-OH is 2. The first-order chi connectivity index (χ1) is 4.91. The van der Waals surface area contributed by atoms with E-state index in [9.17, 15) is 0 Å². The number of rotatable bonds is 1. The summed E-state index contributed by atoms with van der Waals surface area (Å²) < 4.78 is 13.9. The van der Waals surface area contributed by atoms with E-state index >= 15 is 0 Å². The second-order valence-corrected chi connectivity index (χ2v) is 1.41. The molecule has 0 saturated carbocycles. The van der Waals surface area contributed by atoms with Gasteiger partial charge in [-0.15, -0.1) is 0 Å². The molecule has 2 N–H and O–H groups in total. The molecule has 10 heavy (non-hydrogen) atoms. The van der Waals surface area contributed by atoms with Crippen LogP contribution >= 0.6 is 0 Å². The minimum Gasteiger partial charge on any atom is -0.394 e. The van der Waals surface area contributed by atoms with E-state index in [1.807, 2.05) is 0 Å². The Labute approximate surface area is 59.1 Å². The van der Waals surface area contributed by atoms with Crippen LogP contribution in [-0.4, -0.2) is 43.8 Å². The lowest BCUT2D eigenvalue weighted by Crippen LogP contribution is -2.14. The van der Waals surface area contributed by atoms with Crippen LogP contribution in [0, 0.1) is 0 Å². The quantitative estimate of drug-likeness (QED) is 0.499. The predicted octanol–water partition coefficient (Wildman–Crippen LogP) is -1.11. The average Bonchev–Trinajstić information content (AvgIpc) is 2.08. The molecule has 5 nitrogen and oxygen atoms in total. The van der Waals surface area contributed by atoms with E-state index < -0.39 is 0 Å². The van der Waals surface area contributed by atoms with E-state index in [2.05, 4.69) is 14.2 Å². The monoisotopic (exact) mass is 152 g/mol. The Hall–Kier alpha value is -0.200. The van der Waals surface area contributed by atoms with Crippen LogP contribution in [0.5, 0.6) is 0 Å². The van der Waals surface area contributed by atoms with Gasteiger partial charge in [-0.25, -0.2) is 0 Å². The lowest BCUT2D eigenvalue weighted by atomic mass is 10.8. The summed E-state index contributed by atoms with van der Waals surface area (Å²) in [5.74, 6) is 0. The molecule has 1 aliphatic rings. The van der Waals surface area contributed by atoms with Gasteiger partial charge in [-0.2, -0.15) is 0 Å². The molecule has 1 saturated heterocycles. The Morgan fingerprint density at radius 2 is 1.10 bits per heavy atom. The van der Waals surface area contributed by atoms with Crippen molar-refractivity contribution in [1.29, 1.82) is 0 Å². The van der Waals surface area contributed by atoms with Crippen molar-refractivity contribution in [3.05, 3.63) is 0 Å². The second kappa shape index (κ2) is 8.80. The molecule has 5 heteroatoms. The highest BCUT2D eigenvalue weighted by Gasteiger charge is 1.93. The topological polar surface area (TPSA) is 68.2 Å². The zero-order chi connectivity index (χ0) is 7.66. The van der Waals surface area contributed by atoms with Crippen LogP contribution in [0.15, 0.2) is 0 Å². The minimum absolute atomic E-state index is 0.125. The van der Waals surface area contributed by atoms with E-state index in [4.69, 9.17) is 10.2 Å². The zero-order valence-electron chi connectivity index (χ0n) is 5.65. The second-order valence-electron chi connectivity index (χ2n) is 1.41. The third-order valence-electron chi connectivity index (χ3n) is 0.600. The van der Waals surface area contributed by atoms with Crippen molar-refractivity contribution < 1.29 is 24.4 Å². The summed E-state index contributed by atoms with van der Waals surface area (Å²) in [5, 5.41) is 15.2. The summed E-state index contributed by atoms with van der Waals surface area (Å²) >= 11 is 0.